The van der Waals surface area contributed by atoms with Crippen LogP contribution in [0.3, 0.4) is 0 Å². The summed E-state index contributed by atoms with van der Waals surface area (Å²) in [5, 5.41) is 3.73. The molecule has 7 nitrogen and oxygen atoms in total. The second kappa shape index (κ2) is 14.7. The molecule has 42 heavy (non-hydrogen) atoms. The van der Waals surface area contributed by atoms with E-state index in [9.17, 15) is 18.0 Å². The molecule has 0 saturated heterocycles. The molecule has 3 aromatic rings. The Labute approximate surface area is 254 Å². The summed E-state index contributed by atoms with van der Waals surface area (Å²) in [6.07, 6.45) is 5.99. The van der Waals surface area contributed by atoms with Gasteiger partial charge in [-0.15, -0.1) is 0 Å². The fourth-order valence-corrected chi connectivity index (χ4v) is 6.63. The molecule has 0 spiro atoms. The molecule has 0 unspecified atom stereocenters. The summed E-state index contributed by atoms with van der Waals surface area (Å²) in [7, 11) is -3.58. The molecule has 3 aromatic carbocycles. The Hall–Kier alpha value is -3.36. The van der Waals surface area contributed by atoms with Gasteiger partial charge in [0.1, 0.15) is 6.04 Å². The summed E-state index contributed by atoms with van der Waals surface area (Å²) in [5.74, 6) is -0.339. The number of halogens is 1. The number of hydrogen-bond acceptors (Lipinski definition) is 4. The Kier molecular flexibility index (Phi) is 11.0. The highest BCUT2D eigenvalue weighted by Crippen LogP contribution is 2.23. The minimum absolute atomic E-state index is 0.0907. The Morgan fingerprint density at radius 3 is 2.26 bits per heavy atom. The highest BCUT2D eigenvalue weighted by molar-refractivity contribution is 7.92. The summed E-state index contributed by atoms with van der Waals surface area (Å²) in [4.78, 5) is 29.5. The van der Waals surface area contributed by atoms with E-state index in [2.05, 4.69) is 5.32 Å². The second-order valence-electron chi connectivity index (χ2n) is 11.1. The van der Waals surface area contributed by atoms with Crippen LogP contribution in [-0.2, 0) is 32.6 Å². The van der Waals surface area contributed by atoms with Crippen LogP contribution >= 0.6 is 11.6 Å². The van der Waals surface area contributed by atoms with Gasteiger partial charge in [-0.25, -0.2) is 8.42 Å². The lowest BCUT2D eigenvalue weighted by Gasteiger charge is -2.33. The Bertz CT molecular complexity index is 1440. The lowest BCUT2D eigenvalue weighted by molar-refractivity contribution is -0.141. The zero-order valence-corrected chi connectivity index (χ0v) is 25.9. The zero-order valence-electron chi connectivity index (χ0n) is 24.3. The van der Waals surface area contributed by atoms with Crippen molar-refractivity contribution in [1.29, 1.82) is 0 Å². The topological polar surface area (TPSA) is 86.8 Å². The van der Waals surface area contributed by atoms with Gasteiger partial charge in [0.2, 0.25) is 21.8 Å². The van der Waals surface area contributed by atoms with Crippen molar-refractivity contribution in [3.8, 4) is 0 Å². The van der Waals surface area contributed by atoms with Gasteiger partial charge in [-0.2, -0.15) is 0 Å². The van der Waals surface area contributed by atoms with Crippen molar-refractivity contribution in [2.75, 3.05) is 17.1 Å². The van der Waals surface area contributed by atoms with Gasteiger partial charge in [0.15, 0.2) is 0 Å². The van der Waals surface area contributed by atoms with Crippen LogP contribution in [0.5, 0.6) is 0 Å². The molecular formula is C33H40ClN3O4S. The molecular weight excluding hydrogens is 570 g/mol. The van der Waals surface area contributed by atoms with Crippen LogP contribution < -0.4 is 9.62 Å². The van der Waals surface area contributed by atoms with Crippen LogP contribution in [0.1, 0.15) is 55.2 Å². The quantitative estimate of drug-likeness (QED) is 0.262. The maximum Gasteiger partial charge on any atom is 0.243 e. The van der Waals surface area contributed by atoms with Crippen LogP contribution in [-0.4, -0.2) is 50.0 Å². The van der Waals surface area contributed by atoms with Gasteiger partial charge < -0.3 is 10.2 Å². The molecule has 0 aromatic heterocycles. The van der Waals surface area contributed by atoms with E-state index in [1.165, 1.54) is 4.31 Å². The largest absolute Gasteiger partial charge is 0.352 e. The van der Waals surface area contributed by atoms with Crippen LogP contribution in [0, 0.1) is 6.92 Å². The summed E-state index contributed by atoms with van der Waals surface area (Å²) in [6, 6.07) is 23.7. The van der Waals surface area contributed by atoms with Gasteiger partial charge in [-0.3, -0.25) is 13.9 Å². The predicted molar refractivity (Wildman–Crippen MR) is 169 cm³/mol. The van der Waals surface area contributed by atoms with Crippen molar-refractivity contribution in [2.45, 2.75) is 70.5 Å². The van der Waals surface area contributed by atoms with E-state index in [0.29, 0.717) is 23.6 Å². The molecule has 0 aliphatic heterocycles. The lowest BCUT2D eigenvalue weighted by Crippen LogP contribution is -2.52. The number of carbonyl (C=O) groups excluding carboxylic acids is 2. The van der Waals surface area contributed by atoms with Crippen molar-refractivity contribution in [2.24, 2.45) is 0 Å². The van der Waals surface area contributed by atoms with Crippen molar-refractivity contribution in [1.82, 2.24) is 10.2 Å². The van der Waals surface area contributed by atoms with Crippen molar-refractivity contribution in [3.63, 3.8) is 0 Å². The average Bonchev–Trinajstić information content (AvgIpc) is 3.46. The molecule has 0 radical (unpaired) electrons. The summed E-state index contributed by atoms with van der Waals surface area (Å²) in [6.45, 7) is 2.41. The molecule has 4 rings (SSSR count). The van der Waals surface area contributed by atoms with E-state index in [-0.39, 0.29) is 37.4 Å². The molecule has 1 aliphatic carbocycles. The van der Waals surface area contributed by atoms with Gasteiger partial charge in [-0.1, -0.05) is 84.6 Å². The lowest BCUT2D eigenvalue weighted by atomic mass is 10.0. The maximum atomic E-state index is 14.0. The monoisotopic (exact) mass is 609 g/mol. The minimum Gasteiger partial charge on any atom is -0.352 e. The zero-order chi connectivity index (χ0) is 30.1. The summed E-state index contributed by atoms with van der Waals surface area (Å²) in [5.41, 5.74) is 3.47. The molecule has 0 bridgehead atoms. The predicted octanol–water partition coefficient (Wildman–Crippen LogP) is 5.89. The SMILES string of the molecule is Cc1cccc(CN(C(=O)CCCN(c2ccc(Cl)cc2)S(C)(=O)=O)[C@H](Cc2ccccc2)C(=O)NC2CCCC2)c1. The summed E-state index contributed by atoms with van der Waals surface area (Å²) < 4.78 is 26.5. The summed E-state index contributed by atoms with van der Waals surface area (Å²) >= 11 is 6.00. The van der Waals surface area contributed by atoms with Gasteiger partial charge in [0, 0.05) is 37.0 Å². The first kappa shape index (κ1) is 31.6. The maximum absolute atomic E-state index is 14.0. The third-order valence-corrected chi connectivity index (χ3v) is 9.12. The number of anilines is 1. The van der Waals surface area contributed by atoms with Crippen LogP contribution in [0.4, 0.5) is 5.69 Å². The molecule has 1 aliphatic rings. The molecule has 9 heteroatoms. The van der Waals surface area contributed by atoms with E-state index < -0.39 is 16.1 Å². The van der Waals surface area contributed by atoms with E-state index in [1.54, 1.807) is 29.2 Å². The van der Waals surface area contributed by atoms with Crippen molar-refractivity contribution in [3.05, 3.63) is 101 Å². The highest BCUT2D eigenvalue weighted by atomic mass is 35.5. The number of sulfonamides is 1. The molecule has 1 N–H and O–H groups in total. The highest BCUT2D eigenvalue weighted by Gasteiger charge is 2.32. The smallest absolute Gasteiger partial charge is 0.243 e. The van der Waals surface area contributed by atoms with Crippen LogP contribution in [0.15, 0.2) is 78.9 Å². The molecule has 2 amide bonds. The third-order valence-electron chi connectivity index (χ3n) is 7.67. The molecule has 1 fully saturated rings. The van der Waals surface area contributed by atoms with E-state index in [0.717, 1.165) is 48.6 Å². The van der Waals surface area contributed by atoms with E-state index in [4.69, 9.17) is 11.6 Å². The third kappa shape index (κ3) is 9.07. The number of aryl methyl sites for hydroxylation is 1. The fraction of sp³-hybridized carbons (Fsp3) is 0.394. The van der Waals surface area contributed by atoms with Crippen molar-refractivity contribution >= 4 is 39.1 Å². The van der Waals surface area contributed by atoms with Gasteiger partial charge in [0.25, 0.3) is 0 Å². The van der Waals surface area contributed by atoms with Crippen molar-refractivity contribution < 1.29 is 18.0 Å². The fourth-order valence-electron chi connectivity index (χ4n) is 5.54. The number of nitrogens with one attached hydrogen (secondary N) is 1. The average molecular weight is 610 g/mol. The Morgan fingerprint density at radius 2 is 1.62 bits per heavy atom. The Morgan fingerprint density at radius 1 is 0.952 bits per heavy atom. The molecule has 0 heterocycles. The van der Waals surface area contributed by atoms with Crippen LogP contribution in [0.25, 0.3) is 0 Å². The number of benzene rings is 3. The number of hydrogen-bond donors (Lipinski definition) is 1. The second-order valence-corrected chi connectivity index (χ2v) is 13.5. The number of carbonyl (C=O) groups is 2. The van der Waals surface area contributed by atoms with Crippen LogP contribution in [0.2, 0.25) is 5.02 Å². The number of nitrogens with zero attached hydrogens (tertiary/aromatic N) is 2. The normalized spacial score (nSPS) is 14.4. The molecule has 224 valence electrons. The number of amides is 2. The molecule has 1 saturated carbocycles. The van der Waals surface area contributed by atoms with Gasteiger partial charge in [-0.05, 0) is 61.6 Å². The standard InChI is InChI=1S/C33H40ClN3O4S/c1-25-10-8-13-27(22-25)24-36(31(23-26-11-4-3-5-12-26)33(39)35-29-14-6-7-15-29)32(38)16-9-21-37(42(2,40)41)30-19-17-28(34)18-20-30/h3-5,8,10-13,17-20,22,29,31H,6-7,9,14-16,21,23-24H2,1-2H3,(H,35,39)/t31-/m1/s1. The van der Waals surface area contributed by atoms with E-state index in [1.807, 2.05) is 61.5 Å². The number of rotatable bonds is 13. The Balaban J connectivity index is 1.58. The minimum atomic E-state index is -3.58. The van der Waals surface area contributed by atoms with Gasteiger partial charge in [0.05, 0.1) is 11.9 Å². The first-order valence-electron chi connectivity index (χ1n) is 14.5. The van der Waals surface area contributed by atoms with Gasteiger partial charge >= 0.3 is 0 Å². The molecule has 1 atom stereocenters. The first-order valence-corrected chi connectivity index (χ1v) is 16.8. The first-order chi connectivity index (χ1) is 20.1. The van der Waals surface area contributed by atoms with E-state index >= 15 is 0 Å².